The summed E-state index contributed by atoms with van der Waals surface area (Å²) in [5.41, 5.74) is 1.18. The fourth-order valence-electron chi connectivity index (χ4n) is 1.55. The van der Waals surface area contributed by atoms with Crippen LogP contribution in [0.4, 0.5) is 4.39 Å². The average molecular weight is 231 g/mol. The third-order valence-electron chi connectivity index (χ3n) is 2.34. The Kier molecular flexibility index (Phi) is 3.73. The number of hydrogen-bond acceptors (Lipinski definition) is 2. The van der Waals surface area contributed by atoms with Crippen molar-refractivity contribution in [3.05, 3.63) is 59.9 Å². The van der Waals surface area contributed by atoms with E-state index < -0.39 is 0 Å². The first kappa shape index (κ1) is 11.6. The summed E-state index contributed by atoms with van der Waals surface area (Å²) < 4.78 is 18.5. The Morgan fingerprint density at radius 3 is 2.47 bits per heavy atom. The molecule has 0 saturated heterocycles. The summed E-state index contributed by atoms with van der Waals surface area (Å²) in [6.07, 6.45) is 0. The third kappa shape index (κ3) is 3.29. The molecule has 0 radical (unpaired) electrons. The van der Waals surface area contributed by atoms with Gasteiger partial charge in [-0.1, -0.05) is 18.2 Å². The van der Waals surface area contributed by atoms with Crippen molar-refractivity contribution >= 4 is 0 Å². The Bertz CT molecular complexity index is 482. The number of hydrogen-bond donors (Lipinski definition) is 1. The Morgan fingerprint density at radius 1 is 1.06 bits per heavy atom. The molecule has 0 fully saturated rings. The molecule has 0 aromatic heterocycles. The first-order valence-corrected chi connectivity index (χ1v) is 5.45. The molecular weight excluding hydrogens is 217 g/mol. The minimum Gasteiger partial charge on any atom is -0.457 e. The number of rotatable bonds is 4. The lowest BCUT2D eigenvalue weighted by Gasteiger charge is -2.06. The van der Waals surface area contributed by atoms with E-state index >= 15 is 0 Å². The van der Waals surface area contributed by atoms with Crippen molar-refractivity contribution in [2.75, 3.05) is 7.05 Å². The van der Waals surface area contributed by atoms with Gasteiger partial charge in [-0.2, -0.15) is 0 Å². The molecule has 0 unspecified atom stereocenters. The van der Waals surface area contributed by atoms with Gasteiger partial charge in [-0.15, -0.1) is 0 Å². The standard InChI is InChI=1S/C14H14FNO/c1-16-10-11-5-7-13(8-6-11)17-14-4-2-3-12(15)9-14/h2-9,16H,10H2,1H3. The van der Waals surface area contributed by atoms with Crippen LogP contribution in [0, 0.1) is 5.82 Å². The van der Waals surface area contributed by atoms with Crippen LogP contribution in [-0.4, -0.2) is 7.05 Å². The highest BCUT2D eigenvalue weighted by atomic mass is 19.1. The predicted octanol–water partition coefficient (Wildman–Crippen LogP) is 3.34. The zero-order chi connectivity index (χ0) is 12.1. The topological polar surface area (TPSA) is 21.3 Å². The van der Waals surface area contributed by atoms with E-state index in [9.17, 15) is 4.39 Å². The first-order chi connectivity index (χ1) is 8.28. The van der Waals surface area contributed by atoms with Crippen molar-refractivity contribution in [2.45, 2.75) is 6.54 Å². The second-order valence-electron chi connectivity index (χ2n) is 3.73. The van der Waals surface area contributed by atoms with Crippen LogP contribution >= 0.6 is 0 Å². The minimum absolute atomic E-state index is 0.297. The molecule has 0 bridgehead atoms. The van der Waals surface area contributed by atoms with Gasteiger partial charge in [-0.05, 0) is 36.9 Å². The Balaban J connectivity index is 2.08. The third-order valence-corrected chi connectivity index (χ3v) is 2.34. The van der Waals surface area contributed by atoms with Crippen molar-refractivity contribution in [3.63, 3.8) is 0 Å². The molecule has 88 valence electrons. The normalized spacial score (nSPS) is 10.2. The fraction of sp³-hybridized carbons (Fsp3) is 0.143. The van der Waals surface area contributed by atoms with Gasteiger partial charge in [-0.25, -0.2) is 4.39 Å². The smallest absolute Gasteiger partial charge is 0.130 e. The minimum atomic E-state index is -0.297. The van der Waals surface area contributed by atoms with Crippen LogP contribution in [-0.2, 0) is 6.54 Å². The molecular formula is C14H14FNO. The summed E-state index contributed by atoms with van der Waals surface area (Å²) in [5, 5.41) is 3.07. The molecule has 0 amide bonds. The molecule has 17 heavy (non-hydrogen) atoms. The van der Waals surface area contributed by atoms with E-state index in [1.807, 2.05) is 31.3 Å². The van der Waals surface area contributed by atoms with Crippen LogP contribution in [0.3, 0.4) is 0 Å². The SMILES string of the molecule is CNCc1ccc(Oc2cccc(F)c2)cc1. The van der Waals surface area contributed by atoms with Crippen LogP contribution in [0.15, 0.2) is 48.5 Å². The van der Waals surface area contributed by atoms with Gasteiger partial charge in [-0.3, -0.25) is 0 Å². The monoisotopic (exact) mass is 231 g/mol. The highest BCUT2D eigenvalue weighted by Gasteiger charge is 1.99. The fourth-order valence-corrected chi connectivity index (χ4v) is 1.55. The van der Waals surface area contributed by atoms with Gasteiger partial charge in [0.25, 0.3) is 0 Å². The van der Waals surface area contributed by atoms with E-state index in [2.05, 4.69) is 5.32 Å². The van der Waals surface area contributed by atoms with E-state index in [0.717, 1.165) is 6.54 Å². The second-order valence-corrected chi connectivity index (χ2v) is 3.73. The van der Waals surface area contributed by atoms with Gasteiger partial charge in [0.05, 0.1) is 0 Å². The van der Waals surface area contributed by atoms with E-state index in [1.54, 1.807) is 12.1 Å². The van der Waals surface area contributed by atoms with Crippen molar-refractivity contribution in [1.29, 1.82) is 0 Å². The summed E-state index contributed by atoms with van der Waals surface area (Å²) in [6, 6.07) is 13.8. The molecule has 3 heteroatoms. The lowest BCUT2D eigenvalue weighted by molar-refractivity contribution is 0.476. The molecule has 2 nitrogen and oxygen atoms in total. The van der Waals surface area contributed by atoms with Gasteiger partial charge in [0.15, 0.2) is 0 Å². The zero-order valence-electron chi connectivity index (χ0n) is 9.61. The van der Waals surface area contributed by atoms with E-state index in [4.69, 9.17) is 4.74 Å². The van der Waals surface area contributed by atoms with Gasteiger partial charge in [0.2, 0.25) is 0 Å². The molecule has 0 heterocycles. The second kappa shape index (κ2) is 5.46. The van der Waals surface area contributed by atoms with Gasteiger partial charge in [0.1, 0.15) is 17.3 Å². The largest absolute Gasteiger partial charge is 0.457 e. The molecule has 0 saturated carbocycles. The highest BCUT2D eigenvalue weighted by molar-refractivity contribution is 5.33. The van der Waals surface area contributed by atoms with Gasteiger partial charge in [0, 0.05) is 12.6 Å². The maximum atomic E-state index is 12.9. The predicted molar refractivity (Wildman–Crippen MR) is 65.7 cm³/mol. The molecule has 0 atom stereocenters. The van der Waals surface area contributed by atoms with Gasteiger partial charge >= 0.3 is 0 Å². The zero-order valence-corrected chi connectivity index (χ0v) is 9.61. The summed E-state index contributed by atoms with van der Waals surface area (Å²) in [6.45, 7) is 0.820. The number of halogens is 1. The van der Waals surface area contributed by atoms with Crippen molar-refractivity contribution < 1.29 is 9.13 Å². The lowest BCUT2D eigenvalue weighted by atomic mass is 10.2. The number of ether oxygens (including phenoxy) is 1. The van der Waals surface area contributed by atoms with Crippen molar-refractivity contribution in [2.24, 2.45) is 0 Å². The summed E-state index contributed by atoms with van der Waals surface area (Å²) >= 11 is 0. The Hall–Kier alpha value is -1.87. The maximum Gasteiger partial charge on any atom is 0.130 e. The van der Waals surface area contributed by atoms with Crippen LogP contribution in [0.1, 0.15) is 5.56 Å². The molecule has 1 N–H and O–H groups in total. The molecule has 2 aromatic carbocycles. The van der Waals surface area contributed by atoms with Crippen molar-refractivity contribution in [1.82, 2.24) is 5.32 Å². The van der Waals surface area contributed by atoms with Crippen LogP contribution in [0.5, 0.6) is 11.5 Å². The average Bonchev–Trinajstić information content (AvgIpc) is 2.32. The summed E-state index contributed by atoms with van der Waals surface area (Å²) in [7, 11) is 1.90. The molecule has 0 aliphatic heterocycles. The van der Waals surface area contributed by atoms with Crippen LogP contribution < -0.4 is 10.1 Å². The quantitative estimate of drug-likeness (QED) is 0.871. The first-order valence-electron chi connectivity index (χ1n) is 5.45. The van der Waals surface area contributed by atoms with E-state index in [-0.39, 0.29) is 5.82 Å². The Labute approximate surface area is 100 Å². The van der Waals surface area contributed by atoms with E-state index in [0.29, 0.717) is 11.5 Å². The molecule has 2 aromatic rings. The van der Waals surface area contributed by atoms with Crippen LogP contribution in [0.2, 0.25) is 0 Å². The Morgan fingerprint density at radius 2 is 1.82 bits per heavy atom. The van der Waals surface area contributed by atoms with Crippen LogP contribution in [0.25, 0.3) is 0 Å². The summed E-state index contributed by atoms with van der Waals surface area (Å²) in [4.78, 5) is 0. The lowest BCUT2D eigenvalue weighted by Crippen LogP contribution is -2.04. The summed E-state index contributed by atoms with van der Waals surface area (Å²) in [5.74, 6) is 0.913. The van der Waals surface area contributed by atoms with Crippen molar-refractivity contribution in [3.8, 4) is 11.5 Å². The number of benzene rings is 2. The molecule has 0 aliphatic carbocycles. The highest BCUT2D eigenvalue weighted by Crippen LogP contribution is 2.22. The number of nitrogens with one attached hydrogen (secondary N) is 1. The maximum absolute atomic E-state index is 12.9. The van der Waals surface area contributed by atoms with E-state index in [1.165, 1.54) is 17.7 Å². The molecule has 0 spiro atoms. The molecule has 2 rings (SSSR count). The molecule has 0 aliphatic rings. The van der Waals surface area contributed by atoms with Gasteiger partial charge < -0.3 is 10.1 Å².